The van der Waals surface area contributed by atoms with E-state index in [0.717, 1.165) is 4.88 Å². The molecule has 2 heterocycles. The fourth-order valence-electron chi connectivity index (χ4n) is 1.59. The van der Waals surface area contributed by atoms with Gasteiger partial charge in [-0.2, -0.15) is 0 Å². The molecule has 0 aromatic carbocycles. The largest absolute Gasteiger partial charge is 0.363 e. The number of carbonyl (C=O) groups excluding carboxylic acids is 2. The molecular formula is C13H12ClN3O3S. The summed E-state index contributed by atoms with van der Waals surface area (Å²) in [5.41, 5.74) is 0. The molecule has 0 radical (unpaired) electrons. The second kappa shape index (κ2) is 7.05. The van der Waals surface area contributed by atoms with Crippen LogP contribution in [0.1, 0.15) is 4.88 Å². The molecule has 8 heteroatoms. The van der Waals surface area contributed by atoms with Crippen molar-refractivity contribution in [2.45, 2.75) is 6.54 Å². The highest BCUT2D eigenvalue weighted by molar-refractivity contribution is 7.16. The van der Waals surface area contributed by atoms with Crippen LogP contribution in [0, 0.1) is 0 Å². The van der Waals surface area contributed by atoms with Crippen molar-refractivity contribution in [2.75, 3.05) is 11.9 Å². The first-order valence-corrected chi connectivity index (χ1v) is 7.15. The molecule has 0 saturated heterocycles. The third kappa shape index (κ3) is 4.17. The van der Waals surface area contributed by atoms with Crippen LogP contribution >= 0.6 is 22.9 Å². The Labute approximate surface area is 130 Å². The molecule has 1 N–H and O–H groups in total. The molecule has 2 aromatic rings. The SMILES string of the molecule is C=CCN(Cc1ccc(Cl)s1)C(=O)C(=O)Nc1ccon1. The van der Waals surface area contributed by atoms with Crippen LogP contribution in [-0.2, 0) is 16.1 Å². The van der Waals surface area contributed by atoms with Crippen molar-refractivity contribution in [1.82, 2.24) is 10.1 Å². The smallest absolute Gasteiger partial charge is 0.315 e. The van der Waals surface area contributed by atoms with E-state index in [4.69, 9.17) is 11.6 Å². The van der Waals surface area contributed by atoms with Crippen molar-refractivity contribution in [2.24, 2.45) is 0 Å². The van der Waals surface area contributed by atoms with Gasteiger partial charge < -0.3 is 9.42 Å². The molecular weight excluding hydrogens is 314 g/mol. The summed E-state index contributed by atoms with van der Waals surface area (Å²) in [5.74, 6) is -1.28. The second-order valence-electron chi connectivity index (χ2n) is 4.02. The number of nitrogens with zero attached hydrogens (tertiary/aromatic N) is 2. The molecule has 2 rings (SSSR count). The molecule has 0 atom stereocenters. The fraction of sp³-hybridized carbons (Fsp3) is 0.154. The Hall–Kier alpha value is -2.12. The van der Waals surface area contributed by atoms with E-state index in [1.54, 1.807) is 12.1 Å². The minimum Gasteiger partial charge on any atom is -0.363 e. The Morgan fingerprint density at radius 2 is 2.29 bits per heavy atom. The Morgan fingerprint density at radius 1 is 1.48 bits per heavy atom. The van der Waals surface area contributed by atoms with Gasteiger partial charge in [-0.3, -0.25) is 14.9 Å². The molecule has 0 bridgehead atoms. The maximum absolute atomic E-state index is 12.1. The molecule has 0 aliphatic rings. The van der Waals surface area contributed by atoms with Gasteiger partial charge in [0.05, 0.1) is 10.9 Å². The van der Waals surface area contributed by atoms with Gasteiger partial charge >= 0.3 is 11.8 Å². The minimum absolute atomic E-state index is 0.186. The van der Waals surface area contributed by atoms with Gasteiger partial charge in [0, 0.05) is 17.5 Å². The van der Waals surface area contributed by atoms with Gasteiger partial charge in [0.25, 0.3) is 0 Å². The van der Waals surface area contributed by atoms with Crippen molar-refractivity contribution in [3.05, 3.63) is 46.3 Å². The van der Waals surface area contributed by atoms with E-state index in [0.29, 0.717) is 4.34 Å². The lowest BCUT2D eigenvalue weighted by Gasteiger charge is -2.19. The van der Waals surface area contributed by atoms with E-state index in [9.17, 15) is 9.59 Å². The molecule has 0 fully saturated rings. The lowest BCUT2D eigenvalue weighted by atomic mass is 10.3. The Balaban J connectivity index is 2.04. The van der Waals surface area contributed by atoms with E-state index in [2.05, 4.69) is 21.6 Å². The van der Waals surface area contributed by atoms with Crippen molar-refractivity contribution in [1.29, 1.82) is 0 Å². The molecule has 0 unspecified atom stereocenters. The van der Waals surface area contributed by atoms with Gasteiger partial charge in [0.2, 0.25) is 0 Å². The van der Waals surface area contributed by atoms with E-state index in [1.807, 2.05) is 6.07 Å². The van der Waals surface area contributed by atoms with Crippen molar-refractivity contribution in [3.63, 3.8) is 0 Å². The number of thiophene rings is 1. The molecule has 21 heavy (non-hydrogen) atoms. The average molecular weight is 326 g/mol. The van der Waals surface area contributed by atoms with Gasteiger partial charge in [-0.1, -0.05) is 22.8 Å². The predicted octanol–water partition coefficient (Wildman–Crippen LogP) is 2.54. The van der Waals surface area contributed by atoms with Gasteiger partial charge in [0.15, 0.2) is 5.82 Å². The maximum atomic E-state index is 12.1. The summed E-state index contributed by atoms with van der Waals surface area (Å²) in [5, 5.41) is 5.88. The van der Waals surface area contributed by atoms with Crippen LogP contribution in [0.4, 0.5) is 5.82 Å². The molecule has 6 nitrogen and oxygen atoms in total. The lowest BCUT2D eigenvalue weighted by molar-refractivity contribution is -0.143. The first-order valence-electron chi connectivity index (χ1n) is 5.96. The van der Waals surface area contributed by atoms with E-state index < -0.39 is 11.8 Å². The number of amides is 2. The number of hydrogen-bond acceptors (Lipinski definition) is 5. The zero-order chi connectivity index (χ0) is 15.2. The number of anilines is 1. The maximum Gasteiger partial charge on any atom is 0.315 e. The molecule has 0 aliphatic heterocycles. The normalized spacial score (nSPS) is 10.1. The van der Waals surface area contributed by atoms with Crippen LogP contribution in [-0.4, -0.2) is 28.4 Å². The molecule has 110 valence electrons. The zero-order valence-corrected chi connectivity index (χ0v) is 12.5. The lowest BCUT2D eigenvalue weighted by Crippen LogP contribution is -2.39. The Morgan fingerprint density at radius 3 is 2.86 bits per heavy atom. The van der Waals surface area contributed by atoms with Gasteiger partial charge in [-0.25, -0.2) is 0 Å². The number of nitrogens with one attached hydrogen (secondary N) is 1. The monoisotopic (exact) mass is 325 g/mol. The number of carbonyl (C=O) groups is 2. The number of halogens is 1. The van der Waals surface area contributed by atoms with Crippen LogP contribution in [0.15, 0.2) is 41.6 Å². The van der Waals surface area contributed by atoms with E-state index in [-0.39, 0.29) is 18.9 Å². The van der Waals surface area contributed by atoms with E-state index >= 15 is 0 Å². The summed E-state index contributed by atoms with van der Waals surface area (Å²) >= 11 is 7.21. The highest BCUT2D eigenvalue weighted by atomic mass is 35.5. The Bertz CT molecular complexity index is 639. The summed E-state index contributed by atoms with van der Waals surface area (Å²) in [6.45, 7) is 4.13. The molecule has 0 aliphatic carbocycles. The Kier molecular flexibility index (Phi) is 5.13. The van der Waals surface area contributed by atoms with Crippen LogP contribution in [0.25, 0.3) is 0 Å². The van der Waals surface area contributed by atoms with Crippen LogP contribution in [0.5, 0.6) is 0 Å². The van der Waals surface area contributed by atoms with Crippen molar-refractivity contribution in [3.8, 4) is 0 Å². The summed E-state index contributed by atoms with van der Waals surface area (Å²) in [6, 6.07) is 5.00. The van der Waals surface area contributed by atoms with Crippen LogP contribution in [0.3, 0.4) is 0 Å². The minimum atomic E-state index is -0.784. The number of aromatic nitrogens is 1. The van der Waals surface area contributed by atoms with Gasteiger partial charge in [-0.15, -0.1) is 17.9 Å². The quantitative estimate of drug-likeness (QED) is 0.677. The zero-order valence-electron chi connectivity index (χ0n) is 10.9. The molecule has 2 amide bonds. The molecule has 0 saturated carbocycles. The van der Waals surface area contributed by atoms with E-state index in [1.165, 1.54) is 28.6 Å². The third-order valence-electron chi connectivity index (χ3n) is 2.49. The fourth-order valence-corrected chi connectivity index (χ4v) is 2.69. The summed E-state index contributed by atoms with van der Waals surface area (Å²) in [6.07, 6.45) is 2.85. The first-order chi connectivity index (χ1) is 10.1. The topological polar surface area (TPSA) is 75.4 Å². The van der Waals surface area contributed by atoms with Gasteiger partial charge in [-0.05, 0) is 12.1 Å². The third-order valence-corrected chi connectivity index (χ3v) is 3.70. The standard InChI is InChI=1S/C13H12ClN3O3S/c1-2-6-17(8-9-3-4-10(14)21-9)13(19)12(18)15-11-5-7-20-16-11/h2-5,7H,1,6,8H2,(H,15,16,18). The highest BCUT2D eigenvalue weighted by Gasteiger charge is 2.22. The summed E-state index contributed by atoms with van der Waals surface area (Å²) < 4.78 is 5.21. The van der Waals surface area contributed by atoms with Crippen LogP contribution < -0.4 is 5.32 Å². The van der Waals surface area contributed by atoms with Gasteiger partial charge in [0.1, 0.15) is 6.26 Å². The van der Waals surface area contributed by atoms with Crippen LogP contribution in [0.2, 0.25) is 4.34 Å². The predicted molar refractivity (Wildman–Crippen MR) is 80.1 cm³/mol. The second-order valence-corrected chi connectivity index (χ2v) is 5.82. The number of rotatable bonds is 5. The first kappa shape index (κ1) is 15.3. The summed E-state index contributed by atoms with van der Waals surface area (Å²) in [4.78, 5) is 26.3. The summed E-state index contributed by atoms with van der Waals surface area (Å²) in [7, 11) is 0. The van der Waals surface area contributed by atoms with Crippen molar-refractivity contribution >= 4 is 40.6 Å². The number of hydrogen-bond donors (Lipinski definition) is 1. The van der Waals surface area contributed by atoms with Crippen molar-refractivity contribution < 1.29 is 14.1 Å². The molecule has 2 aromatic heterocycles. The highest BCUT2D eigenvalue weighted by Crippen LogP contribution is 2.22. The average Bonchev–Trinajstić information content (AvgIpc) is 3.09. The molecule has 0 spiro atoms.